The van der Waals surface area contributed by atoms with Crippen molar-refractivity contribution in [2.24, 2.45) is 5.92 Å². The van der Waals surface area contributed by atoms with Gasteiger partial charge in [-0.05, 0) is 31.9 Å². The van der Waals surface area contributed by atoms with Crippen LogP contribution in [0.15, 0.2) is 71.1 Å². The number of rotatable bonds is 8. The van der Waals surface area contributed by atoms with Crippen molar-refractivity contribution in [1.82, 2.24) is 4.31 Å². The van der Waals surface area contributed by atoms with Crippen molar-refractivity contribution < 1.29 is 22.7 Å². The standard InChI is InChI=1S/C25H29NO5S/c1-5-31-25(28)22-15-20(16-23(27)19-9-7-6-8-10-19)26(24(22)17(2)3)32(29,30)21-13-11-18(4)12-14-21/h6-15,17,20,24H,5,16H2,1-4H3/t20-,24-/m0/s1. The molecule has 0 saturated heterocycles. The smallest absolute Gasteiger partial charge is 0.335 e. The van der Waals surface area contributed by atoms with Gasteiger partial charge >= 0.3 is 5.97 Å². The molecule has 0 fully saturated rings. The minimum absolute atomic E-state index is 0.0682. The predicted octanol–water partition coefficient (Wildman–Crippen LogP) is 4.16. The Morgan fingerprint density at radius 3 is 2.22 bits per heavy atom. The Labute approximate surface area is 189 Å². The van der Waals surface area contributed by atoms with Crippen LogP contribution < -0.4 is 0 Å². The summed E-state index contributed by atoms with van der Waals surface area (Å²) in [5.74, 6) is -0.948. The number of esters is 1. The fourth-order valence-electron chi connectivity index (χ4n) is 4.02. The van der Waals surface area contributed by atoms with Crippen molar-refractivity contribution >= 4 is 21.8 Å². The Balaban J connectivity index is 2.07. The normalized spacial score (nSPS) is 19.1. The molecule has 7 heteroatoms. The summed E-state index contributed by atoms with van der Waals surface area (Å²) in [5.41, 5.74) is 1.72. The van der Waals surface area contributed by atoms with E-state index in [9.17, 15) is 18.0 Å². The van der Waals surface area contributed by atoms with Gasteiger partial charge in [0, 0.05) is 12.0 Å². The Kier molecular flexibility index (Phi) is 7.31. The summed E-state index contributed by atoms with van der Waals surface area (Å²) in [7, 11) is -3.99. The number of carbonyl (C=O) groups excluding carboxylic acids is 2. The lowest BCUT2D eigenvalue weighted by Gasteiger charge is -2.32. The highest BCUT2D eigenvalue weighted by molar-refractivity contribution is 7.89. The number of hydrogen-bond donors (Lipinski definition) is 0. The highest BCUT2D eigenvalue weighted by Gasteiger charge is 2.47. The minimum Gasteiger partial charge on any atom is -0.463 e. The SMILES string of the molecule is CCOC(=O)C1=C[C@@H](CC(=O)c2ccccc2)N(S(=O)(=O)c2ccc(C)cc2)[C@H]1C(C)C. The van der Waals surface area contributed by atoms with E-state index >= 15 is 0 Å². The number of Topliss-reactive ketones (excluding diaryl/α,β-unsaturated/α-hetero) is 1. The van der Waals surface area contributed by atoms with E-state index in [4.69, 9.17) is 4.74 Å². The van der Waals surface area contributed by atoms with Gasteiger partial charge in [0.05, 0.1) is 29.2 Å². The summed E-state index contributed by atoms with van der Waals surface area (Å²) in [6.07, 6.45) is 1.52. The molecule has 170 valence electrons. The third-order valence-electron chi connectivity index (χ3n) is 5.52. The molecule has 3 rings (SSSR count). The molecule has 0 bridgehead atoms. The Morgan fingerprint density at radius 1 is 1.03 bits per heavy atom. The maximum Gasteiger partial charge on any atom is 0.335 e. The molecule has 32 heavy (non-hydrogen) atoms. The predicted molar refractivity (Wildman–Crippen MR) is 123 cm³/mol. The summed E-state index contributed by atoms with van der Waals surface area (Å²) < 4.78 is 34.0. The van der Waals surface area contributed by atoms with Gasteiger partial charge in [-0.3, -0.25) is 4.79 Å². The number of hydrogen-bond acceptors (Lipinski definition) is 5. The van der Waals surface area contributed by atoms with Crippen LogP contribution in [-0.4, -0.2) is 43.2 Å². The number of nitrogens with zero attached hydrogens (tertiary/aromatic N) is 1. The van der Waals surface area contributed by atoms with E-state index in [2.05, 4.69) is 0 Å². The third-order valence-corrected chi connectivity index (χ3v) is 7.44. The summed E-state index contributed by atoms with van der Waals surface area (Å²) in [5, 5.41) is 0. The average molecular weight is 456 g/mol. The quantitative estimate of drug-likeness (QED) is 0.441. The van der Waals surface area contributed by atoms with E-state index in [1.54, 1.807) is 61.5 Å². The molecule has 2 atom stereocenters. The Bertz CT molecular complexity index is 1100. The first-order chi connectivity index (χ1) is 15.2. The van der Waals surface area contributed by atoms with Gasteiger partial charge in [-0.2, -0.15) is 4.31 Å². The Hall–Kier alpha value is -2.77. The zero-order chi connectivity index (χ0) is 23.5. The van der Waals surface area contributed by atoms with Crippen LogP contribution in [0.3, 0.4) is 0 Å². The van der Waals surface area contributed by atoms with Crippen LogP contribution >= 0.6 is 0 Å². The van der Waals surface area contributed by atoms with E-state index in [1.165, 1.54) is 4.31 Å². The van der Waals surface area contributed by atoms with Crippen LogP contribution in [0.1, 0.15) is 43.1 Å². The monoisotopic (exact) mass is 455 g/mol. The number of benzene rings is 2. The first-order valence-electron chi connectivity index (χ1n) is 10.7. The van der Waals surface area contributed by atoms with Gasteiger partial charge in [-0.1, -0.05) is 68.0 Å². The van der Waals surface area contributed by atoms with Gasteiger partial charge in [0.1, 0.15) is 0 Å². The van der Waals surface area contributed by atoms with Crippen molar-refractivity contribution in [3.8, 4) is 0 Å². The van der Waals surface area contributed by atoms with E-state index in [1.807, 2.05) is 26.8 Å². The molecule has 2 aromatic carbocycles. The first-order valence-corrected chi connectivity index (χ1v) is 12.2. The molecular formula is C25H29NO5S. The molecule has 1 aliphatic heterocycles. The van der Waals surface area contributed by atoms with Crippen molar-refractivity contribution in [3.05, 3.63) is 77.4 Å². The lowest BCUT2D eigenvalue weighted by atomic mass is 9.98. The van der Waals surface area contributed by atoms with Gasteiger partial charge in [0.2, 0.25) is 10.0 Å². The van der Waals surface area contributed by atoms with Crippen molar-refractivity contribution in [3.63, 3.8) is 0 Å². The number of aryl methyl sites for hydroxylation is 1. The second kappa shape index (κ2) is 9.79. The second-order valence-electron chi connectivity index (χ2n) is 8.24. The van der Waals surface area contributed by atoms with E-state index in [0.717, 1.165) is 5.56 Å². The molecule has 2 aromatic rings. The van der Waals surface area contributed by atoms with Gasteiger partial charge in [0.15, 0.2) is 5.78 Å². The van der Waals surface area contributed by atoms with Crippen molar-refractivity contribution in [2.75, 3.05) is 6.61 Å². The molecule has 0 N–H and O–H groups in total. The van der Waals surface area contributed by atoms with E-state index < -0.39 is 28.1 Å². The summed E-state index contributed by atoms with van der Waals surface area (Å²) in [6.45, 7) is 7.48. The molecule has 0 aliphatic carbocycles. The molecule has 6 nitrogen and oxygen atoms in total. The number of sulfonamides is 1. The minimum atomic E-state index is -3.99. The fourth-order valence-corrected chi connectivity index (χ4v) is 5.89. The first kappa shape index (κ1) is 23.9. The maximum absolute atomic E-state index is 13.7. The van der Waals surface area contributed by atoms with E-state index in [-0.39, 0.29) is 35.2 Å². The molecule has 0 spiro atoms. The average Bonchev–Trinajstić information content (AvgIpc) is 3.15. The van der Waals surface area contributed by atoms with Crippen LogP contribution in [0.25, 0.3) is 0 Å². The highest BCUT2D eigenvalue weighted by Crippen LogP contribution is 2.37. The van der Waals surface area contributed by atoms with Gasteiger partial charge in [0.25, 0.3) is 0 Å². The van der Waals surface area contributed by atoms with Gasteiger partial charge in [-0.15, -0.1) is 0 Å². The zero-order valence-corrected chi connectivity index (χ0v) is 19.6. The molecule has 0 aromatic heterocycles. The maximum atomic E-state index is 13.7. The molecule has 1 aliphatic rings. The van der Waals surface area contributed by atoms with Crippen LogP contribution in [0.5, 0.6) is 0 Å². The van der Waals surface area contributed by atoms with Crippen LogP contribution in [0, 0.1) is 12.8 Å². The van der Waals surface area contributed by atoms with Crippen LogP contribution in [-0.2, 0) is 19.6 Å². The van der Waals surface area contributed by atoms with Crippen LogP contribution in [0.2, 0.25) is 0 Å². The lowest BCUT2D eigenvalue weighted by molar-refractivity contribution is -0.139. The second-order valence-corrected chi connectivity index (χ2v) is 10.1. The Morgan fingerprint density at radius 2 is 1.66 bits per heavy atom. The summed E-state index contributed by atoms with van der Waals surface area (Å²) in [6, 6.07) is 13.8. The van der Waals surface area contributed by atoms with Crippen molar-refractivity contribution in [1.29, 1.82) is 0 Å². The molecule has 0 amide bonds. The molecular weight excluding hydrogens is 426 g/mol. The van der Waals surface area contributed by atoms with Crippen molar-refractivity contribution in [2.45, 2.75) is 51.1 Å². The van der Waals surface area contributed by atoms with E-state index in [0.29, 0.717) is 5.56 Å². The van der Waals surface area contributed by atoms with Gasteiger partial charge < -0.3 is 4.74 Å². The number of carbonyl (C=O) groups is 2. The van der Waals surface area contributed by atoms with Gasteiger partial charge in [-0.25, -0.2) is 13.2 Å². The molecule has 0 radical (unpaired) electrons. The number of ketones is 1. The fraction of sp³-hybridized carbons (Fsp3) is 0.360. The third kappa shape index (κ3) is 4.84. The molecule has 0 unspecified atom stereocenters. The summed E-state index contributed by atoms with van der Waals surface area (Å²) >= 11 is 0. The highest BCUT2D eigenvalue weighted by atomic mass is 32.2. The number of ether oxygens (including phenoxy) is 1. The lowest BCUT2D eigenvalue weighted by Crippen LogP contribution is -2.46. The topological polar surface area (TPSA) is 80.8 Å². The molecule has 1 heterocycles. The van der Waals surface area contributed by atoms with Crippen LogP contribution in [0.4, 0.5) is 0 Å². The molecule has 0 saturated carbocycles. The largest absolute Gasteiger partial charge is 0.463 e. The zero-order valence-electron chi connectivity index (χ0n) is 18.8. The summed E-state index contributed by atoms with van der Waals surface area (Å²) in [4.78, 5) is 25.8.